The van der Waals surface area contributed by atoms with Crippen LogP contribution in [0.2, 0.25) is 0 Å². The van der Waals surface area contributed by atoms with E-state index >= 15 is 0 Å². The van der Waals surface area contributed by atoms with Crippen LogP contribution in [0.25, 0.3) is 0 Å². The summed E-state index contributed by atoms with van der Waals surface area (Å²) in [6, 6.07) is 8.25. The van der Waals surface area contributed by atoms with Crippen LogP contribution in [0.4, 0.5) is 0 Å². The second-order valence-electron chi connectivity index (χ2n) is 7.63. The lowest BCUT2D eigenvalue weighted by atomic mass is 9.73. The molecule has 2 aliphatic rings. The number of hydrogen-bond donors (Lipinski definition) is 0. The fraction of sp³-hybridized carbons (Fsp3) is 0.524. The number of rotatable bonds is 4. The lowest BCUT2D eigenvalue weighted by Crippen LogP contribution is -2.55. The molecule has 0 unspecified atom stereocenters. The van der Waals surface area contributed by atoms with Crippen LogP contribution in [0.3, 0.4) is 0 Å². The Labute approximate surface area is 178 Å². The zero-order valence-electron chi connectivity index (χ0n) is 16.2. The number of aromatic nitrogens is 1. The Morgan fingerprint density at radius 2 is 1.86 bits per heavy atom. The average molecular weight is 464 g/mol. The summed E-state index contributed by atoms with van der Waals surface area (Å²) in [4.78, 5) is 22.7. The monoisotopic (exact) mass is 463 g/mol. The van der Waals surface area contributed by atoms with Gasteiger partial charge in [-0.05, 0) is 37.5 Å². The highest BCUT2D eigenvalue weighted by molar-refractivity contribution is 9.10. The molecule has 2 aromatic rings. The minimum Gasteiger partial charge on any atom is -0.381 e. The summed E-state index contributed by atoms with van der Waals surface area (Å²) in [6.45, 7) is 7.56. The molecular formula is C21H26BrN3O2S. The third-order valence-corrected chi connectivity index (χ3v) is 7.22. The molecule has 150 valence electrons. The summed E-state index contributed by atoms with van der Waals surface area (Å²) in [7, 11) is 0. The quantitative estimate of drug-likeness (QED) is 0.694. The van der Waals surface area contributed by atoms with Crippen molar-refractivity contribution < 1.29 is 9.53 Å². The highest BCUT2D eigenvalue weighted by Gasteiger charge is 2.44. The summed E-state index contributed by atoms with van der Waals surface area (Å²) in [6.07, 6.45) is 1.51. The SMILES string of the molecule is Cc1nc(CN2CCN(C(=O)C3(c4ccc(Br)cc4)CCOCC3)CC2)cs1. The van der Waals surface area contributed by atoms with Crippen molar-refractivity contribution in [3.63, 3.8) is 0 Å². The molecule has 0 atom stereocenters. The molecule has 0 aliphatic carbocycles. The van der Waals surface area contributed by atoms with Crippen molar-refractivity contribution in [3.05, 3.63) is 50.4 Å². The largest absolute Gasteiger partial charge is 0.381 e. The van der Waals surface area contributed by atoms with Gasteiger partial charge in [0.15, 0.2) is 0 Å². The molecule has 1 aromatic heterocycles. The van der Waals surface area contributed by atoms with E-state index in [0.717, 1.165) is 66.3 Å². The van der Waals surface area contributed by atoms with Gasteiger partial charge in [0.1, 0.15) is 0 Å². The molecule has 4 rings (SSSR count). The summed E-state index contributed by atoms with van der Waals surface area (Å²) < 4.78 is 6.64. The number of amides is 1. The molecule has 1 aromatic carbocycles. The molecule has 0 saturated carbocycles. The summed E-state index contributed by atoms with van der Waals surface area (Å²) >= 11 is 5.20. The number of carbonyl (C=O) groups is 1. The Hall–Kier alpha value is -1.28. The van der Waals surface area contributed by atoms with Crippen LogP contribution in [-0.2, 0) is 21.5 Å². The molecule has 2 aliphatic heterocycles. The number of carbonyl (C=O) groups excluding carboxylic acids is 1. The first-order valence-corrected chi connectivity index (χ1v) is 11.5. The first kappa shape index (κ1) is 20.0. The molecule has 0 radical (unpaired) electrons. The van der Waals surface area contributed by atoms with Gasteiger partial charge in [-0.3, -0.25) is 9.69 Å². The zero-order valence-corrected chi connectivity index (χ0v) is 18.6. The van der Waals surface area contributed by atoms with Gasteiger partial charge in [-0.1, -0.05) is 28.1 Å². The van der Waals surface area contributed by atoms with Gasteiger partial charge in [0.05, 0.1) is 16.1 Å². The number of ether oxygens (including phenoxy) is 1. The number of benzene rings is 1. The summed E-state index contributed by atoms with van der Waals surface area (Å²) in [5, 5.41) is 3.25. The van der Waals surface area contributed by atoms with Crippen LogP contribution in [0.15, 0.2) is 34.1 Å². The van der Waals surface area contributed by atoms with Gasteiger partial charge in [-0.25, -0.2) is 4.98 Å². The van der Waals surface area contributed by atoms with E-state index in [-0.39, 0.29) is 5.91 Å². The van der Waals surface area contributed by atoms with Gasteiger partial charge in [0, 0.05) is 55.8 Å². The van der Waals surface area contributed by atoms with E-state index in [1.54, 1.807) is 11.3 Å². The zero-order chi connectivity index (χ0) is 19.6. The van der Waals surface area contributed by atoms with E-state index in [2.05, 4.69) is 48.2 Å². The van der Waals surface area contributed by atoms with Crippen LogP contribution >= 0.6 is 27.3 Å². The third kappa shape index (κ3) is 4.17. The molecular weight excluding hydrogens is 438 g/mol. The van der Waals surface area contributed by atoms with Crippen molar-refractivity contribution in [1.82, 2.24) is 14.8 Å². The Bertz CT molecular complexity index is 809. The van der Waals surface area contributed by atoms with E-state index in [1.807, 2.05) is 19.1 Å². The molecule has 0 N–H and O–H groups in total. The maximum Gasteiger partial charge on any atom is 0.233 e. The molecule has 0 spiro atoms. The second kappa shape index (κ2) is 8.61. The van der Waals surface area contributed by atoms with Crippen LogP contribution in [0, 0.1) is 6.92 Å². The summed E-state index contributed by atoms with van der Waals surface area (Å²) in [5.74, 6) is 0.266. The normalized spacial score (nSPS) is 20.3. The van der Waals surface area contributed by atoms with Crippen molar-refractivity contribution in [3.8, 4) is 0 Å². The third-order valence-electron chi connectivity index (χ3n) is 5.86. The van der Waals surface area contributed by atoms with Crippen LogP contribution in [-0.4, -0.2) is 60.1 Å². The molecule has 2 saturated heterocycles. The number of nitrogens with zero attached hydrogens (tertiary/aromatic N) is 3. The molecule has 0 bridgehead atoms. The molecule has 7 heteroatoms. The van der Waals surface area contributed by atoms with Crippen molar-refractivity contribution in [2.45, 2.75) is 31.7 Å². The molecule has 1 amide bonds. The van der Waals surface area contributed by atoms with Gasteiger partial charge in [0.2, 0.25) is 5.91 Å². The van der Waals surface area contributed by atoms with Gasteiger partial charge < -0.3 is 9.64 Å². The van der Waals surface area contributed by atoms with Crippen molar-refractivity contribution in [2.24, 2.45) is 0 Å². The number of thiazole rings is 1. The lowest BCUT2D eigenvalue weighted by molar-refractivity contribution is -0.143. The number of hydrogen-bond acceptors (Lipinski definition) is 5. The minimum atomic E-state index is -0.451. The maximum absolute atomic E-state index is 13.7. The molecule has 28 heavy (non-hydrogen) atoms. The van der Waals surface area contributed by atoms with Crippen molar-refractivity contribution in [1.29, 1.82) is 0 Å². The van der Waals surface area contributed by atoms with Crippen LogP contribution in [0.1, 0.15) is 29.1 Å². The topological polar surface area (TPSA) is 45.7 Å². The highest BCUT2D eigenvalue weighted by Crippen LogP contribution is 2.37. The first-order valence-electron chi connectivity index (χ1n) is 9.83. The molecule has 3 heterocycles. The number of aryl methyl sites for hydroxylation is 1. The van der Waals surface area contributed by atoms with Crippen molar-refractivity contribution in [2.75, 3.05) is 39.4 Å². The highest BCUT2D eigenvalue weighted by atomic mass is 79.9. The first-order chi connectivity index (χ1) is 13.6. The Kier molecular flexibility index (Phi) is 6.16. The van der Waals surface area contributed by atoms with E-state index in [4.69, 9.17) is 4.74 Å². The molecule has 5 nitrogen and oxygen atoms in total. The van der Waals surface area contributed by atoms with E-state index in [0.29, 0.717) is 13.2 Å². The van der Waals surface area contributed by atoms with E-state index < -0.39 is 5.41 Å². The van der Waals surface area contributed by atoms with E-state index in [9.17, 15) is 4.79 Å². The molecule has 2 fully saturated rings. The van der Waals surface area contributed by atoms with Gasteiger partial charge >= 0.3 is 0 Å². The smallest absolute Gasteiger partial charge is 0.233 e. The van der Waals surface area contributed by atoms with Crippen LogP contribution in [0.5, 0.6) is 0 Å². The van der Waals surface area contributed by atoms with Gasteiger partial charge in [-0.2, -0.15) is 0 Å². The standard InChI is InChI=1S/C21H26BrN3O2S/c1-16-23-19(15-28-16)14-24-8-10-25(11-9-24)20(26)21(6-12-27-13-7-21)17-2-4-18(22)5-3-17/h2-5,15H,6-14H2,1H3. The van der Waals surface area contributed by atoms with Gasteiger partial charge in [-0.15, -0.1) is 11.3 Å². The Morgan fingerprint density at radius 3 is 2.46 bits per heavy atom. The number of piperazine rings is 1. The summed E-state index contributed by atoms with van der Waals surface area (Å²) in [5.41, 5.74) is 1.80. The van der Waals surface area contributed by atoms with Gasteiger partial charge in [0.25, 0.3) is 0 Å². The van der Waals surface area contributed by atoms with E-state index in [1.165, 1.54) is 0 Å². The van der Waals surface area contributed by atoms with Crippen LogP contribution < -0.4 is 0 Å². The Morgan fingerprint density at radius 1 is 1.18 bits per heavy atom. The Balaban J connectivity index is 1.45. The predicted molar refractivity (Wildman–Crippen MR) is 115 cm³/mol. The second-order valence-corrected chi connectivity index (χ2v) is 9.61. The lowest BCUT2D eigenvalue weighted by Gasteiger charge is -2.43. The average Bonchev–Trinajstić information content (AvgIpc) is 3.13. The number of halogens is 1. The fourth-order valence-corrected chi connectivity index (χ4v) is 5.10. The predicted octanol–water partition coefficient (Wildman–Crippen LogP) is 3.61. The minimum absolute atomic E-state index is 0.266. The fourth-order valence-electron chi connectivity index (χ4n) is 4.24. The van der Waals surface area contributed by atoms with Crippen molar-refractivity contribution >= 4 is 33.2 Å². The maximum atomic E-state index is 13.7.